The Morgan fingerprint density at radius 3 is 3.00 bits per heavy atom. The van der Waals surface area contributed by atoms with E-state index in [-0.39, 0.29) is 11.9 Å². The van der Waals surface area contributed by atoms with Crippen LogP contribution < -0.4 is 5.32 Å². The molecule has 2 fully saturated rings. The molecule has 3 rings (SSSR count). The molecule has 1 aromatic rings. The second-order valence-corrected chi connectivity index (χ2v) is 6.34. The van der Waals surface area contributed by atoms with Gasteiger partial charge in [0.1, 0.15) is 10.9 Å². The summed E-state index contributed by atoms with van der Waals surface area (Å²) in [6.07, 6.45) is 2.10. The third-order valence-corrected chi connectivity index (χ3v) is 4.72. The Bertz CT molecular complexity index is 541. The summed E-state index contributed by atoms with van der Waals surface area (Å²) >= 11 is 1.22. The van der Waals surface area contributed by atoms with Gasteiger partial charge >= 0.3 is 5.97 Å². The third kappa shape index (κ3) is 3.42. The number of carboxylic acid groups (broad SMARTS) is 1. The normalized spacial score (nSPS) is 23.0. The van der Waals surface area contributed by atoms with Crippen LogP contribution in [0, 0.1) is 0 Å². The molecule has 2 N–H and O–H groups in total. The van der Waals surface area contributed by atoms with Gasteiger partial charge in [0, 0.05) is 19.1 Å². The number of amides is 1. The minimum Gasteiger partial charge on any atom is -0.477 e. The first kappa shape index (κ1) is 14.5. The Balaban J connectivity index is 1.69. The lowest BCUT2D eigenvalue weighted by Gasteiger charge is -2.34. The van der Waals surface area contributed by atoms with Crippen LogP contribution >= 0.6 is 11.3 Å². The molecule has 0 bridgehead atoms. The van der Waals surface area contributed by atoms with Crippen molar-refractivity contribution >= 4 is 23.2 Å². The maximum Gasteiger partial charge on any atom is 0.346 e. The lowest BCUT2D eigenvalue weighted by atomic mass is 10.1. The molecule has 1 atom stereocenters. The zero-order chi connectivity index (χ0) is 14.8. The number of hydrogen-bond acceptors (Lipinski definition) is 5. The minimum atomic E-state index is -0.910. The second-order valence-electron chi connectivity index (χ2n) is 5.42. The van der Waals surface area contributed by atoms with E-state index < -0.39 is 5.97 Å². The summed E-state index contributed by atoms with van der Waals surface area (Å²) in [4.78, 5) is 25.8. The maximum absolute atomic E-state index is 12.3. The SMILES string of the molecule is O=C(O)c1sccc1CN1CCOCC1C(=O)NC1CC1. The molecule has 1 aromatic heterocycles. The first-order valence-corrected chi connectivity index (χ1v) is 7.95. The molecule has 2 aliphatic rings. The van der Waals surface area contributed by atoms with E-state index in [4.69, 9.17) is 4.74 Å². The summed E-state index contributed by atoms with van der Waals surface area (Å²) in [6, 6.07) is 1.80. The third-order valence-electron chi connectivity index (χ3n) is 3.78. The molecule has 21 heavy (non-hydrogen) atoms. The van der Waals surface area contributed by atoms with E-state index in [2.05, 4.69) is 5.32 Å². The minimum absolute atomic E-state index is 0.00990. The van der Waals surface area contributed by atoms with Crippen LogP contribution in [0.5, 0.6) is 0 Å². The van der Waals surface area contributed by atoms with E-state index in [0.717, 1.165) is 18.4 Å². The van der Waals surface area contributed by atoms with Crippen LogP contribution in [-0.2, 0) is 16.1 Å². The maximum atomic E-state index is 12.3. The summed E-state index contributed by atoms with van der Waals surface area (Å²) in [5.41, 5.74) is 0.763. The highest BCUT2D eigenvalue weighted by molar-refractivity contribution is 7.12. The van der Waals surface area contributed by atoms with E-state index in [1.807, 2.05) is 11.0 Å². The molecule has 0 spiro atoms. The van der Waals surface area contributed by atoms with Crippen molar-refractivity contribution in [2.45, 2.75) is 31.5 Å². The van der Waals surface area contributed by atoms with E-state index >= 15 is 0 Å². The summed E-state index contributed by atoms with van der Waals surface area (Å²) in [6.45, 7) is 2.04. The van der Waals surface area contributed by atoms with Gasteiger partial charge in [0.05, 0.1) is 13.2 Å². The van der Waals surface area contributed by atoms with E-state index in [0.29, 0.717) is 37.2 Å². The highest BCUT2D eigenvalue weighted by Gasteiger charge is 2.33. The van der Waals surface area contributed by atoms with Gasteiger partial charge < -0.3 is 15.2 Å². The number of carbonyl (C=O) groups excluding carboxylic acids is 1. The van der Waals surface area contributed by atoms with Gasteiger partial charge in [0.15, 0.2) is 0 Å². The fourth-order valence-electron chi connectivity index (χ4n) is 2.46. The molecule has 0 radical (unpaired) electrons. The van der Waals surface area contributed by atoms with Crippen LogP contribution in [0.3, 0.4) is 0 Å². The number of thiophene rings is 1. The number of aromatic carboxylic acids is 1. The molecule has 1 amide bonds. The number of ether oxygens (including phenoxy) is 1. The van der Waals surface area contributed by atoms with Crippen LogP contribution in [0.15, 0.2) is 11.4 Å². The Morgan fingerprint density at radius 2 is 2.29 bits per heavy atom. The van der Waals surface area contributed by atoms with Crippen molar-refractivity contribution < 1.29 is 19.4 Å². The number of nitrogens with one attached hydrogen (secondary N) is 1. The average Bonchev–Trinajstić information content (AvgIpc) is 3.14. The largest absolute Gasteiger partial charge is 0.477 e. The van der Waals surface area contributed by atoms with E-state index in [9.17, 15) is 14.7 Å². The van der Waals surface area contributed by atoms with Crippen molar-refractivity contribution in [2.24, 2.45) is 0 Å². The Labute approximate surface area is 126 Å². The predicted octanol–water partition coefficient (Wildman–Crippen LogP) is 0.926. The summed E-state index contributed by atoms with van der Waals surface area (Å²) < 4.78 is 5.42. The topological polar surface area (TPSA) is 78.9 Å². The van der Waals surface area contributed by atoms with Crippen molar-refractivity contribution in [1.29, 1.82) is 0 Å². The van der Waals surface area contributed by atoms with Gasteiger partial charge in [-0.2, -0.15) is 0 Å². The van der Waals surface area contributed by atoms with E-state index in [1.54, 1.807) is 5.38 Å². The molecule has 0 aromatic carbocycles. The van der Waals surface area contributed by atoms with Gasteiger partial charge in [-0.25, -0.2) is 4.79 Å². The first-order valence-electron chi connectivity index (χ1n) is 7.07. The molecule has 114 valence electrons. The molecule has 1 aliphatic heterocycles. The van der Waals surface area contributed by atoms with Crippen molar-refractivity contribution in [3.63, 3.8) is 0 Å². The second kappa shape index (κ2) is 6.13. The summed E-state index contributed by atoms with van der Waals surface area (Å²) in [5, 5.41) is 13.9. The molecular weight excluding hydrogens is 292 g/mol. The molecule has 1 saturated heterocycles. The van der Waals surface area contributed by atoms with Gasteiger partial charge in [-0.15, -0.1) is 11.3 Å². The lowest BCUT2D eigenvalue weighted by Crippen LogP contribution is -2.53. The standard InChI is InChI=1S/C14H18N2O4S/c17-13(15-10-1-2-10)11-8-20-5-4-16(11)7-9-3-6-21-12(9)14(18)19/h3,6,10-11H,1-2,4-5,7-8H2,(H,15,17)(H,18,19). The number of morpholine rings is 1. The fraction of sp³-hybridized carbons (Fsp3) is 0.571. The first-order chi connectivity index (χ1) is 10.1. The van der Waals surface area contributed by atoms with Crippen LogP contribution in [0.2, 0.25) is 0 Å². The summed E-state index contributed by atoms with van der Waals surface area (Å²) in [5.74, 6) is -0.920. The fourth-order valence-corrected chi connectivity index (χ4v) is 3.21. The van der Waals surface area contributed by atoms with Gasteiger partial charge in [-0.05, 0) is 29.9 Å². The van der Waals surface area contributed by atoms with Gasteiger partial charge in [0.25, 0.3) is 0 Å². The van der Waals surface area contributed by atoms with E-state index in [1.165, 1.54) is 11.3 Å². The van der Waals surface area contributed by atoms with Crippen LogP contribution in [0.1, 0.15) is 28.1 Å². The molecule has 6 nitrogen and oxygen atoms in total. The summed E-state index contributed by atoms with van der Waals surface area (Å²) in [7, 11) is 0. The zero-order valence-corrected chi connectivity index (χ0v) is 12.4. The number of carboxylic acids is 1. The van der Waals surface area contributed by atoms with Crippen LogP contribution in [0.25, 0.3) is 0 Å². The van der Waals surface area contributed by atoms with Crippen molar-refractivity contribution in [3.05, 3.63) is 21.9 Å². The number of rotatable bonds is 5. The Hall–Kier alpha value is -1.44. The molecular formula is C14H18N2O4S. The highest BCUT2D eigenvalue weighted by atomic mass is 32.1. The monoisotopic (exact) mass is 310 g/mol. The number of hydrogen-bond donors (Lipinski definition) is 2. The van der Waals surface area contributed by atoms with Crippen molar-refractivity contribution in [3.8, 4) is 0 Å². The predicted molar refractivity (Wildman–Crippen MR) is 77.5 cm³/mol. The molecule has 1 saturated carbocycles. The lowest BCUT2D eigenvalue weighted by molar-refractivity contribution is -0.133. The number of carbonyl (C=O) groups is 2. The van der Waals surface area contributed by atoms with Crippen LogP contribution in [0.4, 0.5) is 0 Å². The Morgan fingerprint density at radius 1 is 1.48 bits per heavy atom. The molecule has 7 heteroatoms. The quantitative estimate of drug-likeness (QED) is 0.846. The van der Waals surface area contributed by atoms with Crippen molar-refractivity contribution in [2.75, 3.05) is 19.8 Å². The molecule has 2 heterocycles. The molecule has 1 aliphatic carbocycles. The van der Waals surface area contributed by atoms with Gasteiger partial charge in [0.2, 0.25) is 5.91 Å². The van der Waals surface area contributed by atoms with Crippen LogP contribution in [-0.4, -0.2) is 53.7 Å². The van der Waals surface area contributed by atoms with Gasteiger partial charge in [-0.3, -0.25) is 9.69 Å². The molecule has 1 unspecified atom stereocenters. The van der Waals surface area contributed by atoms with Gasteiger partial charge in [-0.1, -0.05) is 0 Å². The Kier molecular flexibility index (Phi) is 4.23. The van der Waals surface area contributed by atoms with Crippen molar-refractivity contribution in [1.82, 2.24) is 10.2 Å². The zero-order valence-electron chi connectivity index (χ0n) is 11.6. The smallest absolute Gasteiger partial charge is 0.346 e. The average molecular weight is 310 g/mol. The number of nitrogens with zero attached hydrogens (tertiary/aromatic N) is 1. The highest BCUT2D eigenvalue weighted by Crippen LogP contribution is 2.22.